The summed E-state index contributed by atoms with van der Waals surface area (Å²) >= 11 is 5.79. The molecule has 0 bridgehead atoms. The van der Waals surface area contributed by atoms with Crippen molar-refractivity contribution >= 4 is 36.2 Å². The lowest BCUT2D eigenvalue weighted by molar-refractivity contribution is -0.138. The monoisotopic (exact) mass is 491 g/mol. The molecule has 1 saturated heterocycles. The Labute approximate surface area is 212 Å². The number of carbonyl (C=O) groups is 2. The van der Waals surface area contributed by atoms with Gasteiger partial charge < -0.3 is 0 Å². The Morgan fingerprint density at radius 2 is 1.21 bits per heavy atom. The molecule has 1 fully saturated rings. The summed E-state index contributed by atoms with van der Waals surface area (Å²) < 4.78 is 0. The van der Waals surface area contributed by atoms with E-state index in [0.717, 1.165) is 22.6 Å². The van der Waals surface area contributed by atoms with Gasteiger partial charge in [0.15, 0.2) is 0 Å². The van der Waals surface area contributed by atoms with E-state index in [1.54, 1.807) is 0 Å². The normalized spacial score (nSPS) is 16.2. The van der Waals surface area contributed by atoms with Gasteiger partial charge in [0.25, 0.3) is 0 Å². The second-order valence-corrected chi connectivity index (χ2v) is 11.3. The first kappa shape index (κ1) is 28.3. The molecule has 2 rings (SSSR count). The lowest BCUT2D eigenvalue weighted by atomic mass is 10.0. The first-order valence-electron chi connectivity index (χ1n) is 13.4. The lowest BCUT2D eigenvalue weighted by Gasteiger charge is -2.14. The minimum Gasteiger partial charge on any atom is -0.282 e. The van der Waals surface area contributed by atoms with Gasteiger partial charge in [-0.05, 0) is 30.7 Å². The van der Waals surface area contributed by atoms with E-state index in [9.17, 15) is 9.59 Å². The fraction of sp³-hybridized carbons (Fsp3) is 0.714. The number of benzene rings is 1. The quantitative estimate of drug-likeness (QED) is 0.120. The van der Waals surface area contributed by atoms with Gasteiger partial charge in [0, 0.05) is 22.8 Å². The van der Waals surface area contributed by atoms with Crippen molar-refractivity contribution in [2.45, 2.75) is 131 Å². The standard InChI is InChI=1S/C28H45NO2S2/c1-2-3-4-5-6-7-8-9-10-11-12-13-14-15-16-17-22-29-27(30)23-26(28(29)31)33-25-20-18-24(32)19-21-25/h18-21,26,32H,2-17,22-23H2,1H3. The van der Waals surface area contributed by atoms with Gasteiger partial charge >= 0.3 is 0 Å². The van der Waals surface area contributed by atoms with E-state index in [1.165, 1.54) is 107 Å². The summed E-state index contributed by atoms with van der Waals surface area (Å²) in [6.45, 7) is 2.86. The SMILES string of the molecule is CCCCCCCCCCCCCCCCCCN1C(=O)CC(Sc2ccc(S)cc2)C1=O. The fourth-order valence-electron chi connectivity index (χ4n) is 4.49. The number of hydrogen-bond donors (Lipinski definition) is 1. The van der Waals surface area contributed by atoms with E-state index in [2.05, 4.69) is 19.6 Å². The highest BCUT2D eigenvalue weighted by Gasteiger charge is 2.38. The van der Waals surface area contributed by atoms with Crippen LogP contribution in [0.1, 0.15) is 116 Å². The fourth-order valence-corrected chi connectivity index (χ4v) is 5.71. The van der Waals surface area contributed by atoms with Gasteiger partial charge in [-0.2, -0.15) is 0 Å². The van der Waals surface area contributed by atoms with Crippen LogP contribution in [-0.2, 0) is 9.59 Å². The maximum absolute atomic E-state index is 12.6. The number of unbranched alkanes of at least 4 members (excludes halogenated alkanes) is 15. The average Bonchev–Trinajstić information content (AvgIpc) is 3.07. The van der Waals surface area contributed by atoms with E-state index in [-0.39, 0.29) is 17.1 Å². The number of likely N-dealkylation sites (tertiary alicyclic amines) is 1. The molecule has 0 aliphatic carbocycles. The summed E-state index contributed by atoms with van der Waals surface area (Å²) in [5, 5.41) is -0.274. The van der Waals surface area contributed by atoms with Crippen molar-refractivity contribution in [3.05, 3.63) is 24.3 Å². The molecule has 1 atom stereocenters. The van der Waals surface area contributed by atoms with E-state index < -0.39 is 0 Å². The smallest absolute Gasteiger partial charge is 0.243 e. The first-order valence-corrected chi connectivity index (χ1v) is 14.7. The third-order valence-electron chi connectivity index (χ3n) is 6.55. The molecule has 1 aromatic carbocycles. The molecule has 186 valence electrons. The molecule has 5 heteroatoms. The number of rotatable bonds is 19. The Morgan fingerprint density at radius 3 is 1.70 bits per heavy atom. The average molecular weight is 492 g/mol. The van der Waals surface area contributed by atoms with Crippen molar-refractivity contribution < 1.29 is 9.59 Å². The van der Waals surface area contributed by atoms with Crippen molar-refractivity contribution in [1.82, 2.24) is 4.90 Å². The van der Waals surface area contributed by atoms with Crippen molar-refractivity contribution in [2.75, 3.05) is 6.54 Å². The third-order valence-corrected chi connectivity index (χ3v) is 8.05. The molecular weight excluding hydrogens is 446 g/mol. The molecule has 1 aliphatic heterocycles. The molecule has 1 aliphatic rings. The zero-order valence-corrected chi connectivity index (χ0v) is 22.4. The first-order chi connectivity index (χ1) is 16.1. The second-order valence-electron chi connectivity index (χ2n) is 9.49. The van der Waals surface area contributed by atoms with Crippen molar-refractivity contribution in [3.8, 4) is 0 Å². The molecule has 1 aromatic rings. The van der Waals surface area contributed by atoms with E-state index >= 15 is 0 Å². The highest BCUT2D eigenvalue weighted by Crippen LogP contribution is 2.32. The number of thiol groups is 1. The molecule has 33 heavy (non-hydrogen) atoms. The van der Waals surface area contributed by atoms with Crippen LogP contribution in [-0.4, -0.2) is 28.5 Å². The summed E-state index contributed by atoms with van der Waals surface area (Å²) in [4.78, 5) is 28.4. The van der Waals surface area contributed by atoms with Crippen LogP contribution in [0, 0.1) is 0 Å². The zero-order chi connectivity index (χ0) is 23.7. The largest absolute Gasteiger partial charge is 0.282 e. The Kier molecular flexibility index (Phi) is 15.0. The van der Waals surface area contributed by atoms with Crippen LogP contribution in [0.4, 0.5) is 0 Å². The lowest BCUT2D eigenvalue weighted by Crippen LogP contribution is -2.32. The molecule has 0 aromatic heterocycles. The van der Waals surface area contributed by atoms with Crippen LogP contribution in [0.15, 0.2) is 34.1 Å². The van der Waals surface area contributed by atoms with E-state index in [1.807, 2.05) is 24.3 Å². The van der Waals surface area contributed by atoms with Crippen molar-refractivity contribution in [2.24, 2.45) is 0 Å². The predicted octanol–water partition coefficient (Wildman–Crippen LogP) is 8.46. The van der Waals surface area contributed by atoms with Crippen molar-refractivity contribution in [3.63, 3.8) is 0 Å². The van der Waals surface area contributed by atoms with Gasteiger partial charge in [0.1, 0.15) is 0 Å². The highest BCUT2D eigenvalue weighted by molar-refractivity contribution is 8.00. The molecule has 0 N–H and O–H groups in total. The maximum Gasteiger partial charge on any atom is 0.243 e. The van der Waals surface area contributed by atoms with Crippen LogP contribution in [0.3, 0.4) is 0 Å². The Bertz CT molecular complexity index is 677. The topological polar surface area (TPSA) is 37.4 Å². The Hall–Kier alpha value is -0.940. The minimum atomic E-state index is -0.274. The van der Waals surface area contributed by atoms with Crippen molar-refractivity contribution in [1.29, 1.82) is 0 Å². The van der Waals surface area contributed by atoms with Gasteiger partial charge in [0.05, 0.1) is 5.25 Å². The van der Waals surface area contributed by atoms with Gasteiger partial charge in [-0.1, -0.05) is 103 Å². The Morgan fingerprint density at radius 1 is 0.758 bits per heavy atom. The summed E-state index contributed by atoms with van der Waals surface area (Å²) in [7, 11) is 0. The Balaban J connectivity index is 1.42. The third kappa shape index (κ3) is 11.8. The molecule has 3 nitrogen and oxygen atoms in total. The molecule has 0 saturated carbocycles. The van der Waals surface area contributed by atoms with Gasteiger partial charge in [-0.25, -0.2) is 0 Å². The van der Waals surface area contributed by atoms with Gasteiger partial charge in [-0.15, -0.1) is 24.4 Å². The van der Waals surface area contributed by atoms with Crippen LogP contribution in [0.2, 0.25) is 0 Å². The number of carbonyl (C=O) groups excluding carboxylic acids is 2. The summed E-state index contributed by atoms with van der Waals surface area (Å²) in [5.41, 5.74) is 0. The zero-order valence-electron chi connectivity index (χ0n) is 20.7. The molecule has 1 heterocycles. The van der Waals surface area contributed by atoms with Gasteiger partial charge in [0.2, 0.25) is 11.8 Å². The number of nitrogens with zero attached hydrogens (tertiary/aromatic N) is 1. The number of imide groups is 1. The predicted molar refractivity (Wildman–Crippen MR) is 144 cm³/mol. The minimum absolute atomic E-state index is 0.00993. The van der Waals surface area contributed by atoms with Crippen LogP contribution in [0.5, 0.6) is 0 Å². The molecule has 0 radical (unpaired) electrons. The van der Waals surface area contributed by atoms with E-state index in [4.69, 9.17) is 0 Å². The molecule has 2 amide bonds. The van der Waals surface area contributed by atoms with Gasteiger partial charge in [-0.3, -0.25) is 14.5 Å². The number of amides is 2. The number of hydrogen-bond acceptors (Lipinski definition) is 4. The maximum atomic E-state index is 12.6. The summed E-state index contributed by atoms with van der Waals surface area (Å²) in [6.07, 6.45) is 21.6. The molecular formula is C28H45NO2S2. The summed E-state index contributed by atoms with van der Waals surface area (Å²) in [6, 6.07) is 7.76. The van der Waals surface area contributed by atoms with Crippen LogP contribution >= 0.6 is 24.4 Å². The second kappa shape index (κ2) is 17.5. The molecule has 0 spiro atoms. The molecule has 1 unspecified atom stereocenters. The van der Waals surface area contributed by atoms with E-state index in [0.29, 0.717) is 13.0 Å². The highest BCUT2D eigenvalue weighted by atomic mass is 32.2. The number of thioether (sulfide) groups is 1. The van der Waals surface area contributed by atoms with Crippen LogP contribution in [0.25, 0.3) is 0 Å². The van der Waals surface area contributed by atoms with Crippen LogP contribution < -0.4 is 0 Å². The summed E-state index contributed by atoms with van der Waals surface area (Å²) in [5.74, 6) is -0.0230.